The Hall–Kier alpha value is -2.30. The number of ether oxygens (including phenoxy) is 1. The van der Waals surface area contributed by atoms with Crippen LogP contribution in [0.3, 0.4) is 0 Å². The molecule has 0 unspecified atom stereocenters. The van der Waals surface area contributed by atoms with Crippen LogP contribution in [0.1, 0.15) is 0 Å². The van der Waals surface area contributed by atoms with Crippen LogP contribution in [0.2, 0.25) is 0 Å². The molecule has 0 spiro atoms. The van der Waals surface area contributed by atoms with E-state index in [2.05, 4.69) is 9.98 Å². The topological polar surface area (TPSA) is 57.4 Å². The van der Waals surface area contributed by atoms with Gasteiger partial charge in [0, 0.05) is 18.5 Å². The van der Waals surface area contributed by atoms with Crippen molar-refractivity contribution < 1.29 is 9.84 Å². The van der Waals surface area contributed by atoms with E-state index in [1.165, 1.54) is 0 Å². The lowest BCUT2D eigenvalue weighted by Gasteiger charge is -2.21. The lowest BCUT2D eigenvalue weighted by atomic mass is 10.2. The molecular weight excluding hydrogens is 206 g/mol. The number of rotatable bonds is 1. The van der Waals surface area contributed by atoms with Gasteiger partial charge in [-0.1, -0.05) is 6.07 Å². The SMILES string of the molecule is Oc1cccc(N2C=CN=C3OCN=C32)c1. The van der Waals surface area contributed by atoms with Gasteiger partial charge in [-0.3, -0.25) is 4.90 Å². The van der Waals surface area contributed by atoms with Crippen molar-refractivity contribution in [2.24, 2.45) is 9.98 Å². The number of benzene rings is 1. The van der Waals surface area contributed by atoms with Gasteiger partial charge in [0.15, 0.2) is 12.6 Å². The Balaban J connectivity index is 2.02. The van der Waals surface area contributed by atoms with Crippen molar-refractivity contribution in [2.45, 2.75) is 0 Å². The highest BCUT2D eigenvalue weighted by molar-refractivity contribution is 6.45. The molecule has 1 aromatic rings. The van der Waals surface area contributed by atoms with E-state index in [0.29, 0.717) is 18.5 Å². The number of phenols is 1. The highest BCUT2D eigenvalue weighted by atomic mass is 16.5. The molecule has 2 aliphatic heterocycles. The molecule has 0 bridgehead atoms. The number of nitrogens with zero attached hydrogens (tertiary/aromatic N) is 3. The summed E-state index contributed by atoms with van der Waals surface area (Å²) < 4.78 is 5.23. The zero-order valence-corrected chi connectivity index (χ0v) is 8.37. The third-order valence-electron chi connectivity index (χ3n) is 2.35. The van der Waals surface area contributed by atoms with Crippen LogP contribution in [-0.4, -0.2) is 23.6 Å². The van der Waals surface area contributed by atoms with Crippen LogP contribution < -0.4 is 4.90 Å². The second kappa shape index (κ2) is 3.37. The van der Waals surface area contributed by atoms with Crippen molar-refractivity contribution in [2.75, 3.05) is 11.6 Å². The molecule has 5 heteroatoms. The Morgan fingerprint density at radius 3 is 3.19 bits per heavy atom. The molecule has 0 amide bonds. The van der Waals surface area contributed by atoms with Crippen LogP contribution in [0.5, 0.6) is 5.75 Å². The predicted octanol–water partition coefficient (Wildman–Crippen LogP) is 1.47. The minimum Gasteiger partial charge on any atom is -0.508 e. The molecule has 0 aromatic heterocycles. The molecule has 2 aliphatic rings. The van der Waals surface area contributed by atoms with Gasteiger partial charge in [0.2, 0.25) is 0 Å². The predicted molar refractivity (Wildman–Crippen MR) is 60.5 cm³/mol. The van der Waals surface area contributed by atoms with E-state index >= 15 is 0 Å². The Labute approximate surface area is 92.0 Å². The fraction of sp³-hybridized carbons (Fsp3) is 0.0909. The van der Waals surface area contributed by atoms with Gasteiger partial charge in [-0.25, -0.2) is 9.98 Å². The van der Waals surface area contributed by atoms with Gasteiger partial charge in [0.1, 0.15) is 5.75 Å². The molecule has 2 heterocycles. The summed E-state index contributed by atoms with van der Waals surface area (Å²) in [6, 6.07) is 6.95. The third-order valence-corrected chi connectivity index (χ3v) is 2.35. The van der Waals surface area contributed by atoms with E-state index in [4.69, 9.17) is 4.74 Å². The van der Waals surface area contributed by atoms with E-state index in [-0.39, 0.29) is 5.75 Å². The Bertz CT molecular complexity index is 520. The first-order chi connectivity index (χ1) is 7.84. The van der Waals surface area contributed by atoms with E-state index in [1.54, 1.807) is 30.6 Å². The van der Waals surface area contributed by atoms with Gasteiger partial charge >= 0.3 is 0 Å². The first-order valence-electron chi connectivity index (χ1n) is 4.85. The number of phenolic OH excluding ortho intramolecular Hbond substituents is 1. The molecule has 0 saturated heterocycles. The second-order valence-electron chi connectivity index (χ2n) is 3.38. The van der Waals surface area contributed by atoms with Crippen LogP contribution >= 0.6 is 0 Å². The van der Waals surface area contributed by atoms with Crippen molar-refractivity contribution in [3.05, 3.63) is 36.7 Å². The largest absolute Gasteiger partial charge is 0.508 e. The number of fused-ring (bicyclic) bond motifs is 1. The zero-order valence-electron chi connectivity index (χ0n) is 8.37. The fourth-order valence-electron chi connectivity index (χ4n) is 1.65. The van der Waals surface area contributed by atoms with Gasteiger partial charge < -0.3 is 9.84 Å². The molecule has 1 N–H and O–H groups in total. The number of aliphatic imine (C=N–C) groups is 2. The Kier molecular flexibility index (Phi) is 1.89. The van der Waals surface area contributed by atoms with Gasteiger partial charge in [0.25, 0.3) is 5.90 Å². The normalized spacial score (nSPS) is 17.6. The van der Waals surface area contributed by atoms with Gasteiger partial charge in [-0.15, -0.1) is 0 Å². The molecule has 80 valence electrons. The lowest BCUT2D eigenvalue weighted by Crippen LogP contribution is -2.32. The van der Waals surface area contributed by atoms with Gasteiger partial charge in [-0.2, -0.15) is 0 Å². The van der Waals surface area contributed by atoms with Crippen LogP contribution in [0, 0.1) is 0 Å². The van der Waals surface area contributed by atoms with E-state index in [0.717, 1.165) is 5.69 Å². The highest BCUT2D eigenvalue weighted by Gasteiger charge is 2.25. The Morgan fingerprint density at radius 1 is 1.38 bits per heavy atom. The molecule has 0 fully saturated rings. The monoisotopic (exact) mass is 215 g/mol. The summed E-state index contributed by atoms with van der Waals surface area (Å²) in [5.41, 5.74) is 0.827. The molecular formula is C11H9N3O2. The minimum atomic E-state index is 0.217. The molecule has 16 heavy (non-hydrogen) atoms. The molecule has 5 nitrogen and oxygen atoms in total. The second-order valence-corrected chi connectivity index (χ2v) is 3.38. The van der Waals surface area contributed by atoms with E-state index in [1.807, 2.05) is 11.0 Å². The summed E-state index contributed by atoms with van der Waals surface area (Å²) in [5.74, 6) is 1.41. The summed E-state index contributed by atoms with van der Waals surface area (Å²) in [4.78, 5) is 10.1. The van der Waals surface area contributed by atoms with Gasteiger partial charge in [0.05, 0.1) is 5.69 Å². The molecule has 3 rings (SSSR count). The number of hydrogen-bond donors (Lipinski definition) is 1. The summed E-state index contributed by atoms with van der Waals surface area (Å²) >= 11 is 0. The average molecular weight is 215 g/mol. The summed E-state index contributed by atoms with van der Waals surface area (Å²) in [5, 5.41) is 9.43. The molecule has 0 aliphatic carbocycles. The summed E-state index contributed by atoms with van der Waals surface area (Å²) in [6.07, 6.45) is 3.43. The van der Waals surface area contributed by atoms with Crippen LogP contribution in [-0.2, 0) is 4.74 Å². The highest BCUT2D eigenvalue weighted by Crippen LogP contribution is 2.23. The quantitative estimate of drug-likeness (QED) is 0.771. The maximum atomic E-state index is 9.43. The third kappa shape index (κ3) is 1.33. The molecule has 0 saturated carbocycles. The van der Waals surface area contributed by atoms with Crippen molar-refractivity contribution in [1.82, 2.24) is 0 Å². The van der Waals surface area contributed by atoms with Crippen LogP contribution in [0.4, 0.5) is 5.69 Å². The minimum absolute atomic E-state index is 0.217. The first kappa shape index (κ1) is 8.96. The zero-order chi connectivity index (χ0) is 11.0. The van der Waals surface area contributed by atoms with E-state index in [9.17, 15) is 5.11 Å². The maximum absolute atomic E-state index is 9.43. The lowest BCUT2D eigenvalue weighted by molar-refractivity contribution is 0.340. The summed E-state index contributed by atoms with van der Waals surface area (Å²) in [6.45, 7) is 0.297. The number of hydrogen-bond acceptors (Lipinski definition) is 5. The van der Waals surface area contributed by atoms with Crippen LogP contribution in [0.15, 0.2) is 46.7 Å². The Morgan fingerprint density at radius 2 is 2.31 bits per heavy atom. The summed E-state index contributed by atoms with van der Waals surface area (Å²) in [7, 11) is 0. The fourth-order valence-corrected chi connectivity index (χ4v) is 1.65. The maximum Gasteiger partial charge on any atom is 0.259 e. The first-order valence-corrected chi connectivity index (χ1v) is 4.85. The number of aromatic hydroxyl groups is 1. The molecule has 1 aromatic carbocycles. The van der Waals surface area contributed by atoms with Gasteiger partial charge in [-0.05, 0) is 12.1 Å². The van der Waals surface area contributed by atoms with Crippen molar-refractivity contribution in [3.63, 3.8) is 0 Å². The number of amidine groups is 1. The van der Waals surface area contributed by atoms with Crippen LogP contribution in [0.25, 0.3) is 0 Å². The average Bonchev–Trinajstić information content (AvgIpc) is 2.76. The number of anilines is 1. The van der Waals surface area contributed by atoms with Crippen molar-refractivity contribution >= 4 is 17.4 Å². The van der Waals surface area contributed by atoms with Crippen molar-refractivity contribution in [1.29, 1.82) is 0 Å². The van der Waals surface area contributed by atoms with Crippen molar-refractivity contribution in [3.8, 4) is 5.75 Å². The molecule has 0 radical (unpaired) electrons. The smallest absolute Gasteiger partial charge is 0.259 e. The standard InChI is InChI=1S/C11H9N3O2/c15-9-3-1-2-8(6-9)14-5-4-12-11-10(14)13-7-16-11/h1-6,15H,7H2. The van der Waals surface area contributed by atoms with E-state index < -0.39 is 0 Å². The molecule has 0 atom stereocenters.